The first kappa shape index (κ1) is 24.1. The molecule has 8 heteroatoms. The Morgan fingerprint density at radius 3 is 2.37 bits per heavy atom. The summed E-state index contributed by atoms with van der Waals surface area (Å²) in [6.45, 7) is 1.19. The van der Waals surface area contributed by atoms with E-state index < -0.39 is 9.84 Å². The Bertz CT molecular complexity index is 1480. The lowest BCUT2D eigenvalue weighted by Crippen LogP contribution is -2.39. The van der Waals surface area contributed by atoms with Gasteiger partial charge in [-0.3, -0.25) is 4.79 Å². The predicted molar refractivity (Wildman–Crippen MR) is 142 cm³/mol. The van der Waals surface area contributed by atoms with E-state index in [9.17, 15) is 13.2 Å². The minimum Gasteiger partial charge on any atom is -0.349 e. The first-order valence-corrected chi connectivity index (χ1v) is 14.1. The number of fused-ring (bicyclic) bond motifs is 1. The van der Waals surface area contributed by atoms with Crippen molar-refractivity contribution in [2.24, 2.45) is 5.92 Å². The summed E-state index contributed by atoms with van der Waals surface area (Å²) in [6, 6.07) is 21.7. The van der Waals surface area contributed by atoms with Crippen molar-refractivity contribution in [1.82, 2.24) is 9.88 Å². The van der Waals surface area contributed by atoms with Crippen LogP contribution in [-0.2, 0) is 16.3 Å². The zero-order valence-electron chi connectivity index (χ0n) is 18.9. The maximum atomic E-state index is 13.7. The quantitative estimate of drug-likeness (QED) is 0.297. The fourth-order valence-corrected chi connectivity index (χ4v) is 6.83. The fraction of sp³-hybridized carbons (Fsp3) is 0.222. The molecule has 0 aliphatic carbocycles. The van der Waals surface area contributed by atoms with Crippen molar-refractivity contribution >= 4 is 54.2 Å². The van der Waals surface area contributed by atoms with E-state index in [1.54, 1.807) is 17.0 Å². The second kappa shape index (κ2) is 9.80. The van der Waals surface area contributed by atoms with Gasteiger partial charge in [-0.25, -0.2) is 8.42 Å². The van der Waals surface area contributed by atoms with Gasteiger partial charge in [0.25, 0.3) is 5.91 Å². The summed E-state index contributed by atoms with van der Waals surface area (Å²) in [7, 11) is -3.98. The number of benzene rings is 3. The summed E-state index contributed by atoms with van der Waals surface area (Å²) in [6.07, 6.45) is 2.75. The van der Waals surface area contributed by atoms with Gasteiger partial charge in [-0.1, -0.05) is 57.9 Å². The molecule has 2 heterocycles. The Balaban J connectivity index is 1.46. The van der Waals surface area contributed by atoms with Crippen molar-refractivity contribution in [3.05, 3.63) is 93.5 Å². The number of H-pyrrole nitrogens is 1. The lowest BCUT2D eigenvalue weighted by molar-refractivity contribution is 0.0681. The Kier molecular flexibility index (Phi) is 6.75. The molecule has 1 saturated heterocycles. The van der Waals surface area contributed by atoms with E-state index >= 15 is 0 Å². The molecule has 0 atom stereocenters. The number of sulfone groups is 1. The average molecular weight is 572 g/mol. The van der Waals surface area contributed by atoms with Gasteiger partial charge in [0, 0.05) is 33.5 Å². The first-order chi connectivity index (χ1) is 16.8. The molecule has 1 aromatic heterocycles. The molecule has 1 aliphatic heterocycles. The average Bonchev–Trinajstić information content (AvgIpc) is 3.24. The molecule has 35 heavy (non-hydrogen) atoms. The zero-order chi connectivity index (χ0) is 24.6. The Morgan fingerprint density at radius 2 is 1.69 bits per heavy atom. The number of amides is 1. The molecule has 4 aromatic rings. The van der Waals surface area contributed by atoms with Crippen molar-refractivity contribution in [1.29, 1.82) is 0 Å². The highest BCUT2D eigenvalue weighted by molar-refractivity contribution is 9.10. The highest BCUT2D eigenvalue weighted by Gasteiger charge is 2.33. The molecule has 0 radical (unpaired) electrons. The zero-order valence-corrected chi connectivity index (χ0v) is 22.0. The van der Waals surface area contributed by atoms with Crippen LogP contribution in [0.2, 0.25) is 5.02 Å². The molecule has 5 nitrogen and oxygen atoms in total. The van der Waals surface area contributed by atoms with Gasteiger partial charge >= 0.3 is 0 Å². The van der Waals surface area contributed by atoms with E-state index in [4.69, 9.17) is 11.6 Å². The van der Waals surface area contributed by atoms with Gasteiger partial charge in [0.2, 0.25) is 9.84 Å². The van der Waals surface area contributed by atoms with Gasteiger partial charge in [-0.15, -0.1) is 0 Å². The van der Waals surface area contributed by atoms with E-state index in [-0.39, 0.29) is 21.4 Å². The first-order valence-electron chi connectivity index (χ1n) is 11.5. The van der Waals surface area contributed by atoms with E-state index in [1.807, 2.05) is 24.3 Å². The topological polar surface area (TPSA) is 70.2 Å². The third kappa shape index (κ3) is 4.90. The summed E-state index contributed by atoms with van der Waals surface area (Å²) in [5.41, 5.74) is 2.01. The number of hydrogen-bond donors (Lipinski definition) is 1. The van der Waals surface area contributed by atoms with Crippen molar-refractivity contribution in [2.75, 3.05) is 13.1 Å². The van der Waals surface area contributed by atoms with Crippen LogP contribution in [0.15, 0.2) is 87.1 Å². The highest BCUT2D eigenvalue weighted by Crippen LogP contribution is 2.35. The van der Waals surface area contributed by atoms with Crippen molar-refractivity contribution in [2.45, 2.75) is 29.1 Å². The Labute approximate surface area is 218 Å². The highest BCUT2D eigenvalue weighted by atomic mass is 79.9. The van der Waals surface area contributed by atoms with E-state index in [0.717, 1.165) is 23.7 Å². The summed E-state index contributed by atoms with van der Waals surface area (Å²) >= 11 is 9.41. The van der Waals surface area contributed by atoms with E-state index in [2.05, 4.69) is 33.0 Å². The Morgan fingerprint density at radius 1 is 1.00 bits per heavy atom. The number of halogens is 2. The van der Waals surface area contributed by atoms with Crippen LogP contribution in [0.1, 0.15) is 28.9 Å². The molecule has 1 aliphatic rings. The molecule has 1 N–H and O–H groups in total. The number of likely N-dealkylation sites (tertiary alicyclic amines) is 1. The number of carbonyl (C=O) groups is 1. The van der Waals surface area contributed by atoms with Crippen LogP contribution >= 0.6 is 27.5 Å². The van der Waals surface area contributed by atoms with E-state index in [1.165, 1.54) is 29.8 Å². The van der Waals surface area contributed by atoms with Gasteiger partial charge in [0.1, 0.15) is 10.6 Å². The summed E-state index contributed by atoms with van der Waals surface area (Å²) < 4.78 is 28.2. The number of piperidine rings is 1. The number of aromatic nitrogens is 1. The second-order valence-corrected chi connectivity index (χ2v) is 12.1. The molecule has 0 saturated carbocycles. The maximum absolute atomic E-state index is 13.7. The lowest BCUT2D eigenvalue weighted by atomic mass is 9.90. The van der Waals surface area contributed by atoms with Crippen LogP contribution in [0.25, 0.3) is 10.9 Å². The van der Waals surface area contributed by atoms with Crippen LogP contribution in [0.3, 0.4) is 0 Å². The third-order valence-electron chi connectivity index (χ3n) is 6.59. The molecular formula is C27H24BrClN2O3S. The molecule has 1 fully saturated rings. The Hall–Kier alpha value is -2.61. The SMILES string of the molecule is O=C(c1[nH]c2ccc(Br)cc2c1S(=O)(=O)c1ccc(Cl)cc1)N1CCC(Cc2ccccc2)CC1. The molecule has 3 aromatic carbocycles. The number of hydrogen-bond acceptors (Lipinski definition) is 3. The summed E-state index contributed by atoms with van der Waals surface area (Å²) in [5, 5.41) is 0.928. The summed E-state index contributed by atoms with van der Waals surface area (Å²) in [5.74, 6) is 0.209. The maximum Gasteiger partial charge on any atom is 0.271 e. The third-order valence-corrected chi connectivity index (χ3v) is 9.19. The van der Waals surface area contributed by atoms with Gasteiger partial charge in [-0.05, 0) is 73.2 Å². The number of rotatable bonds is 5. The second-order valence-electron chi connectivity index (χ2n) is 8.90. The van der Waals surface area contributed by atoms with Crippen LogP contribution in [-0.4, -0.2) is 37.3 Å². The van der Waals surface area contributed by atoms with Crippen LogP contribution < -0.4 is 0 Å². The fourth-order valence-electron chi connectivity index (χ4n) is 4.75. The largest absolute Gasteiger partial charge is 0.349 e. The van der Waals surface area contributed by atoms with Gasteiger partial charge in [0.15, 0.2) is 0 Å². The summed E-state index contributed by atoms with van der Waals surface area (Å²) in [4.78, 5) is 18.6. The molecule has 0 unspecified atom stereocenters. The van der Waals surface area contributed by atoms with Gasteiger partial charge < -0.3 is 9.88 Å². The normalized spacial score (nSPS) is 15.0. The van der Waals surface area contributed by atoms with E-state index in [0.29, 0.717) is 34.9 Å². The minimum absolute atomic E-state index is 0.00697. The number of nitrogens with one attached hydrogen (secondary N) is 1. The molecule has 180 valence electrons. The van der Waals surface area contributed by atoms with Crippen molar-refractivity contribution in [3.8, 4) is 0 Å². The molecule has 0 bridgehead atoms. The predicted octanol–water partition coefficient (Wildman–Crippen LogP) is 6.51. The van der Waals surface area contributed by atoms with Crippen LogP contribution in [0.4, 0.5) is 0 Å². The molecule has 5 rings (SSSR count). The van der Waals surface area contributed by atoms with Crippen LogP contribution in [0.5, 0.6) is 0 Å². The monoisotopic (exact) mass is 570 g/mol. The number of aromatic amines is 1. The number of nitrogens with zero attached hydrogens (tertiary/aromatic N) is 1. The van der Waals surface area contributed by atoms with Crippen LogP contribution in [0, 0.1) is 5.92 Å². The standard InChI is InChI=1S/C27H24BrClN2O3S/c28-20-6-11-24-23(17-20)26(35(33,34)22-9-7-21(29)8-10-22)25(30-24)27(32)31-14-12-19(13-15-31)16-18-4-2-1-3-5-18/h1-11,17,19,30H,12-16H2. The van der Waals surface area contributed by atoms with Crippen molar-refractivity contribution < 1.29 is 13.2 Å². The van der Waals surface area contributed by atoms with Gasteiger partial charge in [0.05, 0.1) is 4.90 Å². The lowest BCUT2D eigenvalue weighted by Gasteiger charge is -2.32. The van der Waals surface area contributed by atoms with Crippen molar-refractivity contribution in [3.63, 3.8) is 0 Å². The molecular weight excluding hydrogens is 548 g/mol. The minimum atomic E-state index is -3.98. The molecule has 1 amide bonds. The number of carbonyl (C=O) groups excluding carboxylic acids is 1. The smallest absolute Gasteiger partial charge is 0.271 e. The van der Waals surface area contributed by atoms with Gasteiger partial charge in [-0.2, -0.15) is 0 Å². The molecule has 0 spiro atoms.